The number of hydrogen-bond donors (Lipinski definition) is 0. The second kappa shape index (κ2) is 7.66. The van der Waals surface area contributed by atoms with E-state index in [-0.39, 0.29) is 23.2 Å². The molecule has 0 amide bonds. The maximum Gasteiger partial charge on any atom is 0.343 e. The predicted octanol–water partition coefficient (Wildman–Crippen LogP) is 4.24. The Morgan fingerprint density at radius 2 is 1.79 bits per heavy atom. The monoisotopic (exact) mass is 394 g/mol. The van der Waals surface area contributed by atoms with Gasteiger partial charge in [-0.2, -0.15) is 10.1 Å². The van der Waals surface area contributed by atoms with Gasteiger partial charge >= 0.3 is 5.97 Å². The molecule has 2 heterocycles. The van der Waals surface area contributed by atoms with Crippen molar-refractivity contribution >= 4 is 17.6 Å². The number of carbonyl (C=O) groups excluding carboxylic acids is 1. The molecule has 8 heteroatoms. The first kappa shape index (κ1) is 17.9. The van der Waals surface area contributed by atoms with Crippen LogP contribution in [0.3, 0.4) is 0 Å². The summed E-state index contributed by atoms with van der Waals surface area (Å²) in [6.07, 6.45) is 0. The average Bonchev–Trinajstić information content (AvgIpc) is 3.32. The number of aryl methyl sites for hydroxylation is 1. The lowest BCUT2D eigenvalue weighted by molar-refractivity contribution is 0.0429. The molecule has 0 atom stereocenters. The van der Waals surface area contributed by atoms with E-state index in [1.165, 1.54) is 4.68 Å². The maximum atomic E-state index is 12.5. The minimum Gasteiger partial charge on any atom is -0.452 e. The van der Waals surface area contributed by atoms with Crippen molar-refractivity contribution in [1.29, 1.82) is 0 Å². The Kier molecular flexibility index (Phi) is 4.90. The van der Waals surface area contributed by atoms with Gasteiger partial charge in [0.05, 0.1) is 11.4 Å². The molecule has 0 aliphatic heterocycles. The molecular weight excluding hydrogens is 380 g/mol. The Morgan fingerprint density at radius 1 is 1.11 bits per heavy atom. The number of benzene rings is 2. The van der Waals surface area contributed by atoms with Crippen LogP contribution < -0.4 is 0 Å². The average molecular weight is 395 g/mol. The number of esters is 1. The van der Waals surface area contributed by atoms with Gasteiger partial charge in [0.2, 0.25) is 5.82 Å². The number of aromatic nitrogens is 4. The highest BCUT2D eigenvalue weighted by Gasteiger charge is 2.23. The minimum atomic E-state index is -0.607. The predicted molar refractivity (Wildman–Crippen MR) is 102 cm³/mol. The second-order valence-electron chi connectivity index (χ2n) is 5.95. The summed E-state index contributed by atoms with van der Waals surface area (Å²) in [6.45, 7) is 1.53. The van der Waals surface area contributed by atoms with Crippen LogP contribution in [-0.4, -0.2) is 25.9 Å². The van der Waals surface area contributed by atoms with Crippen LogP contribution in [0.4, 0.5) is 0 Å². The van der Waals surface area contributed by atoms with Crippen molar-refractivity contribution in [2.24, 2.45) is 0 Å². The summed E-state index contributed by atoms with van der Waals surface area (Å²) in [4.78, 5) is 16.8. The maximum absolute atomic E-state index is 12.5. The fraction of sp³-hybridized carbons (Fsp3) is 0.100. The van der Waals surface area contributed by atoms with Crippen LogP contribution in [0.25, 0.3) is 17.1 Å². The largest absolute Gasteiger partial charge is 0.452 e. The van der Waals surface area contributed by atoms with Gasteiger partial charge in [-0.3, -0.25) is 0 Å². The molecular formula is C20H15ClN4O3. The Bertz CT molecular complexity index is 1110. The topological polar surface area (TPSA) is 83.0 Å². The van der Waals surface area contributed by atoms with E-state index in [0.717, 1.165) is 11.3 Å². The molecule has 0 saturated heterocycles. The fourth-order valence-corrected chi connectivity index (χ4v) is 3.04. The summed E-state index contributed by atoms with van der Waals surface area (Å²) in [7, 11) is 0. The van der Waals surface area contributed by atoms with Crippen molar-refractivity contribution in [3.63, 3.8) is 0 Å². The molecule has 0 saturated carbocycles. The number of hydrogen-bond acceptors (Lipinski definition) is 6. The number of nitrogens with zero attached hydrogens (tertiary/aromatic N) is 4. The quantitative estimate of drug-likeness (QED) is 0.471. The van der Waals surface area contributed by atoms with Gasteiger partial charge in [-0.1, -0.05) is 65.3 Å². The van der Waals surface area contributed by atoms with Gasteiger partial charge in [-0.25, -0.2) is 9.48 Å². The number of carbonyl (C=O) groups is 1. The van der Waals surface area contributed by atoms with Crippen molar-refractivity contribution in [3.05, 3.63) is 83.0 Å². The summed E-state index contributed by atoms with van der Waals surface area (Å²) in [5, 5.41) is 8.41. The van der Waals surface area contributed by atoms with Crippen molar-refractivity contribution in [2.75, 3.05) is 0 Å². The fourth-order valence-electron chi connectivity index (χ4n) is 2.69. The summed E-state index contributed by atoms with van der Waals surface area (Å²) < 4.78 is 11.9. The van der Waals surface area contributed by atoms with E-state index in [9.17, 15) is 4.79 Å². The lowest BCUT2D eigenvalue weighted by Gasteiger charge is -2.03. The van der Waals surface area contributed by atoms with Gasteiger partial charge in [0.15, 0.2) is 6.61 Å². The zero-order valence-electron chi connectivity index (χ0n) is 14.9. The molecule has 0 bridgehead atoms. The van der Waals surface area contributed by atoms with E-state index in [2.05, 4.69) is 15.2 Å². The highest BCUT2D eigenvalue weighted by Crippen LogP contribution is 2.24. The van der Waals surface area contributed by atoms with Crippen molar-refractivity contribution in [3.8, 4) is 17.1 Å². The molecule has 0 aliphatic carbocycles. The SMILES string of the molecule is Cc1nn(-c2ccccc2)c(Cl)c1C(=O)OCc1nc(-c2ccccc2)no1. The smallest absolute Gasteiger partial charge is 0.343 e. The van der Waals surface area contributed by atoms with Gasteiger partial charge < -0.3 is 9.26 Å². The first-order valence-corrected chi connectivity index (χ1v) is 8.87. The molecule has 0 N–H and O–H groups in total. The molecule has 0 aliphatic rings. The van der Waals surface area contributed by atoms with Crippen molar-refractivity contribution < 1.29 is 14.1 Å². The van der Waals surface area contributed by atoms with Gasteiger partial charge in [-0.05, 0) is 19.1 Å². The number of para-hydroxylation sites is 1. The lowest BCUT2D eigenvalue weighted by atomic mass is 10.2. The van der Waals surface area contributed by atoms with E-state index in [0.29, 0.717) is 11.5 Å². The van der Waals surface area contributed by atoms with Crippen LogP contribution in [0, 0.1) is 6.92 Å². The van der Waals surface area contributed by atoms with Crippen molar-refractivity contribution in [1.82, 2.24) is 19.9 Å². The minimum absolute atomic E-state index is 0.162. The van der Waals surface area contributed by atoms with Crippen LogP contribution in [0.15, 0.2) is 65.2 Å². The van der Waals surface area contributed by atoms with Gasteiger partial charge in [0.25, 0.3) is 5.89 Å². The molecule has 7 nitrogen and oxygen atoms in total. The normalized spacial score (nSPS) is 10.8. The molecule has 4 rings (SSSR count). The van der Waals surface area contributed by atoms with Crippen molar-refractivity contribution in [2.45, 2.75) is 13.5 Å². The summed E-state index contributed by atoms with van der Waals surface area (Å²) in [5.41, 5.74) is 2.23. The van der Waals surface area contributed by atoms with Crippen LogP contribution >= 0.6 is 11.6 Å². The molecule has 2 aromatic heterocycles. The summed E-state index contributed by atoms with van der Waals surface area (Å²) >= 11 is 6.37. The van der Waals surface area contributed by atoms with Crippen LogP contribution in [0.5, 0.6) is 0 Å². The van der Waals surface area contributed by atoms with E-state index in [4.69, 9.17) is 20.9 Å². The first-order chi connectivity index (χ1) is 13.6. The highest BCUT2D eigenvalue weighted by atomic mass is 35.5. The first-order valence-electron chi connectivity index (χ1n) is 8.49. The molecule has 2 aromatic carbocycles. The molecule has 140 valence electrons. The lowest BCUT2D eigenvalue weighted by Crippen LogP contribution is -2.07. The van der Waals surface area contributed by atoms with E-state index >= 15 is 0 Å². The van der Waals surface area contributed by atoms with Gasteiger partial charge in [-0.15, -0.1) is 0 Å². The number of ether oxygens (including phenoxy) is 1. The molecule has 0 fully saturated rings. The third-order valence-corrected chi connectivity index (χ3v) is 4.38. The van der Waals surface area contributed by atoms with Gasteiger partial charge in [0.1, 0.15) is 10.7 Å². The van der Waals surface area contributed by atoms with E-state index in [1.807, 2.05) is 60.7 Å². The molecule has 0 unspecified atom stereocenters. The summed E-state index contributed by atoms with van der Waals surface area (Å²) in [5.74, 6) is 0.0123. The Hall–Kier alpha value is -3.45. The number of halogens is 1. The zero-order chi connectivity index (χ0) is 19.5. The van der Waals surface area contributed by atoms with E-state index < -0.39 is 5.97 Å². The zero-order valence-corrected chi connectivity index (χ0v) is 15.6. The van der Waals surface area contributed by atoms with Crippen LogP contribution in [-0.2, 0) is 11.3 Å². The number of rotatable bonds is 5. The second-order valence-corrected chi connectivity index (χ2v) is 6.31. The standard InChI is InChI=1S/C20H15ClN4O3/c1-13-17(18(21)25(23-13)15-10-6-3-7-11-15)20(26)27-12-16-22-19(24-28-16)14-8-4-2-5-9-14/h2-11H,12H2,1H3. The van der Waals surface area contributed by atoms with Gasteiger partial charge in [0, 0.05) is 5.56 Å². The summed E-state index contributed by atoms with van der Waals surface area (Å²) in [6, 6.07) is 18.7. The molecule has 0 spiro atoms. The van der Waals surface area contributed by atoms with Crippen LogP contribution in [0.1, 0.15) is 21.9 Å². The van der Waals surface area contributed by atoms with E-state index in [1.54, 1.807) is 6.92 Å². The molecule has 0 radical (unpaired) electrons. The highest BCUT2D eigenvalue weighted by molar-refractivity contribution is 6.33. The third kappa shape index (κ3) is 3.52. The van der Waals surface area contributed by atoms with Crippen LogP contribution in [0.2, 0.25) is 5.15 Å². The third-order valence-electron chi connectivity index (χ3n) is 4.04. The Morgan fingerprint density at radius 3 is 2.50 bits per heavy atom. The Balaban J connectivity index is 1.49. The molecule has 4 aromatic rings. The Labute approximate surface area is 165 Å². The molecule has 28 heavy (non-hydrogen) atoms.